The Bertz CT molecular complexity index is 944. The average molecular weight is 396 g/mol. The molecule has 0 saturated carbocycles. The number of nitrogens with zero attached hydrogens (tertiary/aromatic N) is 1. The van der Waals surface area contributed by atoms with Crippen LogP contribution in [0.15, 0.2) is 47.9 Å². The first kappa shape index (κ1) is 21.6. The molecule has 0 aliphatic rings. The molecule has 1 aromatic carbocycles. The van der Waals surface area contributed by atoms with Crippen LogP contribution in [0.3, 0.4) is 0 Å². The van der Waals surface area contributed by atoms with Crippen molar-refractivity contribution in [3.63, 3.8) is 0 Å². The van der Waals surface area contributed by atoms with Gasteiger partial charge in [0.05, 0.1) is 28.9 Å². The van der Waals surface area contributed by atoms with E-state index in [1.165, 1.54) is 12.6 Å². The van der Waals surface area contributed by atoms with Crippen molar-refractivity contribution in [3.05, 3.63) is 53.5 Å². The molecule has 5 heteroatoms. The molecule has 2 aromatic heterocycles. The molecule has 0 amide bonds. The molecule has 0 atom stereocenters. The van der Waals surface area contributed by atoms with Crippen molar-refractivity contribution in [1.29, 1.82) is 5.41 Å². The first-order valence-corrected chi connectivity index (χ1v) is 10.4. The van der Waals surface area contributed by atoms with E-state index in [1.807, 2.05) is 54.8 Å². The van der Waals surface area contributed by atoms with Crippen LogP contribution in [0.2, 0.25) is 0 Å². The highest BCUT2D eigenvalue weighted by molar-refractivity contribution is 7.17. The third-order valence-electron chi connectivity index (χ3n) is 4.37. The van der Waals surface area contributed by atoms with Crippen LogP contribution in [0.25, 0.3) is 15.8 Å². The molecule has 0 saturated heterocycles. The molecule has 148 valence electrons. The van der Waals surface area contributed by atoms with Crippen molar-refractivity contribution < 1.29 is 4.74 Å². The smallest absolute Gasteiger partial charge is 0.142 e. The fourth-order valence-corrected chi connectivity index (χ4v) is 3.19. The minimum absolute atomic E-state index is 0.789. The van der Waals surface area contributed by atoms with Gasteiger partial charge in [0.15, 0.2) is 0 Å². The zero-order valence-corrected chi connectivity index (χ0v) is 18.1. The number of hydrogen-bond donors (Lipinski definition) is 2. The van der Waals surface area contributed by atoms with Gasteiger partial charge in [0.1, 0.15) is 11.3 Å². The van der Waals surface area contributed by atoms with Crippen LogP contribution >= 0.6 is 11.3 Å². The molecule has 0 spiro atoms. The Balaban J connectivity index is 0.000000500. The van der Waals surface area contributed by atoms with Gasteiger partial charge in [-0.15, -0.1) is 11.3 Å². The Morgan fingerprint density at radius 3 is 2.54 bits per heavy atom. The van der Waals surface area contributed by atoms with Crippen molar-refractivity contribution >= 4 is 44.7 Å². The second-order valence-corrected chi connectivity index (χ2v) is 7.62. The van der Waals surface area contributed by atoms with Gasteiger partial charge in [-0.3, -0.25) is 0 Å². The van der Waals surface area contributed by atoms with Crippen LogP contribution in [0.4, 0.5) is 11.4 Å². The van der Waals surface area contributed by atoms with Crippen molar-refractivity contribution in [2.45, 2.75) is 34.1 Å². The normalized spacial score (nSPS) is 11.1. The third kappa shape index (κ3) is 5.42. The number of aromatic nitrogens is 1. The predicted octanol–water partition coefficient (Wildman–Crippen LogP) is 7.15. The lowest BCUT2D eigenvalue weighted by Crippen LogP contribution is -1.95. The maximum absolute atomic E-state index is 7.49. The standard InChI is InChI=1S/C18H17N3OS.C5H12/c1-3-12(10-19)13-8-9-17-18(21-13)15(11-23-17)20-14-6-4-5-7-16(14)22-2;1-4-5(2)3/h3-11,19-20H,1-2H3;5H,4H2,1-3H3/b12-3+,19-10?;. The van der Waals surface area contributed by atoms with E-state index in [2.05, 4.69) is 26.1 Å². The number of nitrogens with one attached hydrogen (secondary N) is 2. The summed E-state index contributed by atoms with van der Waals surface area (Å²) in [5.74, 6) is 1.67. The number of pyridine rings is 1. The van der Waals surface area contributed by atoms with E-state index in [4.69, 9.17) is 15.1 Å². The van der Waals surface area contributed by atoms with Gasteiger partial charge in [-0.25, -0.2) is 4.98 Å². The molecule has 2 N–H and O–H groups in total. The maximum Gasteiger partial charge on any atom is 0.142 e. The van der Waals surface area contributed by atoms with Gasteiger partial charge in [0.2, 0.25) is 0 Å². The van der Waals surface area contributed by atoms with Crippen molar-refractivity contribution in [3.8, 4) is 5.75 Å². The number of methoxy groups -OCH3 is 1. The summed E-state index contributed by atoms with van der Waals surface area (Å²) in [6.45, 7) is 8.55. The van der Waals surface area contributed by atoms with Gasteiger partial charge < -0.3 is 15.5 Å². The summed E-state index contributed by atoms with van der Waals surface area (Å²) in [5, 5.41) is 12.9. The first-order chi connectivity index (χ1) is 13.5. The number of ether oxygens (including phenoxy) is 1. The summed E-state index contributed by atoms with van der Waals surface area (Å²) in [6, 6.07) is 11.8. The van der Waals surface area contributed by atoms with Crippen LogP contribution < -0.4 is 10.1 Å². The minimum atomic E-state index is 0.789. The number of benzene rings is 1. The lowest BCUT2D eigenvalue weighted by molar-refractivity contribution is 0.417. The number of hydrogen-bond acceptors (Lipinski definition) is 5. The summed E-state index contributed by atoms with van der Waals surface area (Å²) in [4.78, 5) is 4.72. The molecule has 3 rings (SSSR count). The van der Waals surface area contributed by atoms with Gasteiger partial charge in [-0.05, 0) is 37.1 Å². The van der Waals surface area contributed by atoms with Crippen LogP contribution in [-0.4, -0.2) is 18.3 Å². The van der Waals surface area contributed by atoms with E-state index in [1.54, 1.807) is 18.4 Å². The van der Waals surface area contributed by atoms with E-state index < -0.39 is 0 Å². The van der Waals surface area contributed by atoms with Gasteiger partial charge in [-0.1, -0.05) is 45.4 Å². The Labute approximate surface area is 171 Å². The first-order valence-electron chi connectivity index (χ1n) is 9.49. The van der Waals surface area contributed by atoms with Crippen LogP contribution in [0.1, 0.15) is 39.8 Å². The SMILES string of the molecule is C/C=C(\C=N)c1ccc2scc(Nc3ccccc3OC)c2n1.CCC(C)C. The molecule has 0 bridgehead atoms. The molecule has 0 fully saturated rings. The molecular weight excluding hydrogens is 366 g/mol. The van der Waals surface area contributed by atoms with E-state index >= 15 is 0 Å². The summed E-state index contributed by atoms with van der Waals surface area (Å²) >= 11 is 1.64. The Hall–Kier alpha value is -2.66. The topological polar surface area (TPSA) is 58.0 Å². The Morgan fingerprint density at radius 1 is 1.21 bits per heavy atom. The largest absolute Gasteiger partial charge is 0.495 e. The summed E-state index contributed by atoms with van der Waals surface area (Å²) in [7, 11) is 1.66. The van der Waals surface area contributed by atoms with Gasteiger partial charge in [-0.2, -0.15) is 0 Å². The van der Waals surface area contributed by atoms with E-state index in [0.717, 1.165) is 44.5 Å². The summed E-state index contributed by atoms with van der Waals surface area (Å²) in [6.07, 6.45) is 4.52. The monoisotopic (exact) mass is 395 g/mol. The molecule has 0 aliphatic heterocycles. The number of allylic oxidation sites excluding steroid dienone is 2. The maximum atomic E-state index is 7.49. The number of rotatable bonds is 6. The number of para-hydroxylation sites is 2. The van der Waals surface area contributed by atoms with Crippen LogP contribution in [0.5, 0.6) is 5.75 Å². The zero-order valence-electron chi connectivity index (χ0n) is 17.2. The lowest BCUT2D eigenvalue weighted by Gasteiger charge is -2.10. The minimum Gasteiger partial charge on any atom is -0.495 e. The molecule has 3 aromatic rings. The van der Waals surface area contributed by atoms with E-state index in [9.17, 15) is 0 Å². The number of thiophene rings is 1. The van der Waals surface area contributed by atoms with Gasteiger partial charge in [0.25, 0.3) is 0 Å². The van der Waals surface area contributed by atoms with Crippen molar-refractivity contribution in [2.24, 2.45) is 5.92 Å². The third-order valence-corrected chi connectivity index (χ3v) is 5.31. The molecule has 4 nitrogen and oxygen atoms in total. The predicted molar refractivity (Wildman–Crippen MR) is 123 cm³/mol. The van der Waals surface area contributed by atoms with Crippen molar-refractivity contribution in [2.75, 3.05) is 12.4 Å². The molecule has 0 radical (unpaired) electrons. The fourth-order valence-electron chi connectivity index (χ4n) is 2.36. The highest BCUT2D eigenvalue weighted by Crippen LogP contribution is 2.34. The molecule has 2 heterocycles. The summed E-state index contributed by atoms with van der Waals surface area (Å²) < 4.78 is 6.49. The second-order valence-electron chi connectivity index (χ2n) is 6.71. The Kier molecular flexibility index (Phi) is 8.20. The summed E-state index contributed by atoms with van der Waals surface area (Å²) in [5.41, 5.74) is 4.36. The second kappa shape index (κ2) is 10.6. The van der Waals surface area contributed by atoms with E-state index in [-0.39, 0.29) is 0 Å². The Morgan fingerprint density at radius 2 is 1.93 bits per heavy atom. The molecule has 0 unspecified atom stereocenters. The molecule has 28 heavy (non-hydrogen) atoms. The van der Waals surface area contributed by atoms with Crippen LogP contribution in [-0.2, 0) is 0 Å². The molecule has 0 aliphatic carbocycles. The van der Waals surface area contributed by atoms with Crippen molar-refractivity contribution in [1.82, 2.24) is 4.98 Å². The van der Waals surface area contributed by atoms with Gasteiger partial charge in [0, 0.05) is 17.2 Å². The average Bonchev–Trinajstić information content (AvgIpc) is 3.12. The zero-order chi connectivity index (χ0) is 20.5. The number of fused-ring (bicyclic) bond motifs is 1. The number of anilines is 2. The van der Waals surface area contributed by atoms with E-state index in [0.29, 0.717) is 0 Å². The van der Waals surface area contributed by atoms with Gasteiger partial charge >= 0.3 is 0 Å². The fraction of sp³-hybridized carbons (Fsp3) is 0.304. The highest BCUT2D eigenvalue weighted by Gasteiger charge is 2.10. The molecular formula is C23H29N3OS. The van der Waals surface area contributed by atoms with Crippen LogP contribution in [0, 0.1) is 11.3 Å². The quantitative estimate of drug-likeness (QED) is 0.436. The highest BCUT2D eigenvalue weighted by atomic mass is 32.1. The lowest BCUT2D eigenvalue weighted by atomic mass is 10.1.